The van der Waals surface area contributed by atoms with Crippen molar-refractivity contribution in [3.8, 4) is 0 Å². The molecule has 0 saturated heterocycles. The van der Waals surface area contributed by atoms with Crippen molar-refractivity contribution < 1.29 is 9.90 Å². The number of hydrogen-bond acceptors (Lipinski definition) is 2. The summed E-state index contributed by atoms with van der Waals surface area (Å²) in [5.74, 6) is -0.0886. The summed E-state index contributed by atoms with van der Waals surface area (Å²) < 4.78 is 0. The number of rotatable bonds is 6. The quantitative estimate of drug-likeness (QED) is 0.689. The van der Waals surface area contributed by atoms with Gasteiger partial charge < -0.3 is 15.0 Å². The van der Waals surface area contributed by atoms with Crippen LogP contribution in [0.1, 0.15) is 32.7 Å². The van der Waals surface area contributed by atoms with Crippen molar-refractivity contribution in [2.75, 3.05) is 19.7 Å². The highest BCUT2D eigenvalue weighted by Gasteiger charge is 2.21. The van der Waals surface area contributed by atoms with E-state index in [1.807, 2.05) is 56.3 Å². The molecule has 2 N–H and O–H groups in total. The highest BCUT2D eigenvalue weighted by molar-refractivity contribution is 6.02. The van der Waals surface area contributed by atoms with Crippen LogP contribution in [-0.2, 0) is 0 Å². The number of H-pyrrole nitrogens is 1. The summed E-state index contributed by atoms with van der Waals surface area (Å²) >= 11 is 0. The number of hydrogen-bond donors (Lipinski definition) is 2. The standard InChI is InChI=1S/C23H26N2O2/c1-16-11-12-17(2)21-20(16)18(3)22(24-21)23(27)25(14-15-26)13-7-10-19-8-5-4-6-9-19/h4-12,24,26H,13-15H2,1-3H3. The number of carbonyl (C=O) groups is 1. The second-order valence-corrected chi connectivity index (χ2v) is 6.86. The molecule has 1 amide bonds. The molecule has 1 heterocycles. The van der Waals surface area contributed by atoms with Crippen LogP contribution < -0.4 is 0 Å². The second-order valence-electron chi connectivity index (χ2n) is 6.86. The molecule has 0 aliphatic heterocycles. The molecule has 0 aliphatic carbocycles. The fraction of sp³-hybridized carbons (Fsp3) is 0.261. The minimum atomic E-state index is -0.0886. The molecule has 4 nitrogen and oxygen atoms in total. The van der Waals surface area contributed by atoms with Crippen LogP contribution in [0.4, 0.5) is 0 Å². The lowest BCUT2D eigenvalue weighted by molar-refractivity contribution is 0.0737. The monoisotopic (exact) mass is 362 g/mol. The number of fused-ring (bicyclic) bond motifs is 1. The van der Waals surface area contributed by atoms with Gasteiger partial charge in [-0.2, -0.15) is 0 Å². The zero-order chi connectivity index (χ0) is 19.4. The van der Waals surface area contributed by atoms with Gasteiger partial charge in [0, 0.05) is 24.0 Å². The Hall–Kier alpha value is -2.85. The van der Waals surface area contributed by atoms with Crippen molar-refractivity contribution >= 4 is 22.9 Å². The topological polar surface area (TPSA) is 56.3 Å². The summed E-state index contributed by atoms with van der Waals surface area (Å²) in [6.07, 6.45) is 3.95. The summed E-state index contributed by atoms with van der Waals surface area (Å²) in [5, 5.41) is 10.5. The Kier molecular flexibility index (Phi) is 5.77. The average molecular weight is 362 g/mol. The summed E-state index contributed by atoms with van der Waals surface area (Å²) in [6.45, 7) is 6.76. The molecule has 0 unspecified atom stereocenters. The van der Waals surface area contributed by atoms with E-state index in [0.717, 1.165) is 33.2 Å². The minimum Gasteiger partial charge on any atom is -0.395 e. The average Bonchev–Trinajstić information content (AvgIpc) is 3.03. The minimum absolute atomic E-state index is 0.0672. The fourth-order valence-electron chi connectivity index (χ4n) is 3.45. The lowest BCUT2D eigenvalue weighted by Gasteiger charge is -2.20. The van der Waals surface area contributed by atoms with Gasteiger partial charge in [-0.05, 0) is 43.0 Å². The molecule has 140 valence electrons. The van der Waals surface area contributed by atoms with Gasteiger partial charge in [-0.1, -0.05) is 54.6 Å². The third-order valence-electron chi connectivity index (χ3n) is 4.93. The van der Waals surface area contributed by atoms with Gasteiger partial charge in [0.05, 0.1) is 6.61 Å². The van der Waals surface area contributed by atoms with Crippen LogP contribution in [0.5, 0.6) is 0 Å². The van der Waals surface area contributed by atoms with Crippen LogP contribution in [0, 0.1) is 20.8 Å². The Morgan fingerprint density at radius 3 is 2.44 bits per heavy atom. The lowest BCUT2D eigenvalue weighted by Crippen LogP contribution is -2.34. The first-order valence-corrected chi connectivity index (χ1v) is 9.23. The summed E-state index contributed by atoms with van der Waals surface area (Å²) in [5.41, 5.74) is 5.94. The number of aromatic amines is 1. The summed E-state index contributed by atoms with van der Waals surface area (Å²) in [4.78, 5) is 18.1. The molecule has 27 heavy (non-hydrogen) atoms. The second kappa shape index (κ2) is 8.23. The molecule has 0 aliphatic rings. The summed E-state index contributed by atoms with van der Waals surface area (Å²) in [7, 11) is 0. The predicted octanol–water partition coefficient (Wildman–Crippen LogP) is 4.24. The zero-order valence-electron chi connectivity index (χ0n) is 16.1. The van der Waals surface area contributed by atoms with E-state index in [2.05, 4.69) is 24.0 Å². The van der Waals surface area contributed by atoms with E-state index in [0.29, 0.717) is 18.8 Å². The number of benzene rings is 2. The first-order chi connectivity index (χ1) is 13.0. The lowest BCUT2D eigenvalue weighted by atomic mass is 10.0. The van der Waals surface area contributed by atoms with Gasteiger partial charge in [0.2, 0.25) is 0 Å². The molecule has 0 saturated carbocycles. The Labute approximate surface area is 160 Å². The molecule has 0 bridgehead atoms. The number of aromatic nitrogens is 1. The van der Waals surface area contributed by atoms with Crippen molar-refractivity contribution in [2.45, 2.75) is 20.8 Å². The van der Waals surface area contributed by atoms with E-state index < -0.39 is 0 Å². The van der Waals surface area contributed by atoms with Crippen LogP contribution in [-0.4, -0.2) is 40.6 Å². The largest absolute Gasteiger partial charge is 0.395 e. The normalized spacial score (nSPS) is 11.4. The number of carbonyl (C=O) groups excluding carboxylic acids is 1. The molecule has 3 aromatic rings. The van der Waals surface area contributed by atoms with Crippen LogP contribution in [0.2, 0.25) is 0 Å². The first kappa shape index (κ1) is 18.9. The number of aryl methyl sites for hydroxylation is 3. The molecule has 0 spiro atoms. The molecule has 0 atom stereocenters. The number of amides is 1. The van der Waals surface area contributed by atoms with E-state index in [9.17, 15) is 9.90 Å². The number of nitrogens with one attached hydrogen (secondary N) is 1. The van der Waals surface area contributed by atoms with Crippen molar-refractivity contribution in [1.29, 1.82) is 0 Å². The molecule has 0 fully saturated rings. The van der Waals surface area contributed by atoms with Crippen molar-refractivity contribution in [1.82, 2.24) is 9.88 Å². The van der Waals surface area contributed by atoms with Crippen molar-refractivity contribution in [3.05, 3.63) is 76.5 Å². The Morgan fingerprint density at radius 1 is 1.07 bits per heavy atom. The highest BCUT2D eigenvalue weighted by Crippen LogP contribution is 2.28. The SMILES string of the molecule is Cc1ccc(C)c2c(C)c(C(=O)N(CC=Cc3ccccc3)CCO)[nH]c12. The molecule has 3 rings (SSSR count). The van der Waals surface area contributed by atoms with Gasteiger partial charge in [0.15, 0.2) is 0 Å². The summed E-state index contributed by atoms with van der Waals surface area (Å²) in [6, 6.07) is 14.1. The Morgan fingerprint density at radius 2 is 1.78 bits per heavy atom. The predicted molar refractivity (Wildman–Crippen MR) is 111 cm³/mol. The third-order valence-corrected chi connectivity index (χ3v) is 4.93. The van der Waals surface area contributed by atoms with Gasteiger partial charge >= 0.3 is 0 Å². The fourth-order valence-corrected chi connectivity index (χ4v) is 3.45. The zero-order valence-corrected chi connectivity index (χ0v) is 16.1. The molecular weight excluding hydrogens is 336 g/mol. The van der Waals surface area contributed by atoms with Crippen molar-refractivity contribution in [3.63, 3.8) is 0 Å². The molecule has 2 aromatic carbocycles. The van der Waals surface area contributed by atoms with E-state index in [4.69, 9.17) is 0 Å². The van der Waals surface area contributed by atoms with Gasteiger partial charge in [-0.3, -0.25) is 4.79 Å². The Bertz CT molecular complexity index is 971. The first-order valence-electron chi connectivity index (χ1n) is 9.23. The molecular formula is C23H26N2O2. The number of nitrogens with zero attached hydrogens (tertiary/aromatic N) is 1. The van der Waals surface area contributed by atoms with Gasteiger partial charge in [0.25, 0.3) is 5.91 Å². The maximum atomic E-state index is 13.1. The van der Waals surface area contributed by atoms with Gasteiger partial charge in [0.1, 0.15) is 5.69 Å². The maximum Gasteiger partial charge on any atom is 0.270 e. The van der Waals surface area contributed by atoms with E-state index >= 15 is 0 Å². The van der Waals surface area contributed by atoms with Crippen LogP contribution in [0.25, 0.3) is 17.0 Å². The third kappa shape index (κ3) is 3.96. The van der Waals surface area contributed by atoms with Crippen LogP contribution >= 0.6 is 0 Å². The van der Waals surface area contributed by atoms with E-state index in [-0.39, 0.29) is 12.5 Å². The molecule has 1 aromatic heterocycles. The van der Waals surface area contributed by atoms with Crippen LogP contribution in [0.15, 0.2) is 48.5 Å². The number of aliphatic hydroxyl groups is 1. The van der Waals surface area contributed by atoms with Crippen molar-refractivity contribution in [2.24, 2.45) is 0 Å². The maximum absolute atomic E-state index is 13.1. The highest BCUT2D eigenvalue weighted by atomic mass is 16.3. The molecule has 4 heteroatoms. The van der Waals surface area contributed by atoms with Gasteiger partial charge in [-0.25, -0.2) is 0 Å². The molecule has 0 radical (unpaired) electrons. The van der Waals surface area contributed by atoms with Crippen LogP contribution in [0.3, 0.4) is 0 Å². The van der Waals surface area contributed by atoms with E-state index in [1.165, 1.54) is 0 Å². The van der Waals surface area contributed by atoms with Gasteiger partial charge in [-0.15, -0.1) is 0 Å². The Balaban J connectivity index is 1.88. The van der Waals surface area contributed by atoms with E-state index in [1.54, 1.807) is 4.90 Å². The number of aliphatic hydroxyl groups excluding tert-OH is 1. The smallest absolute Gasteiger partial charge is 0.270 e.